The second kappa shape index (κ2) is 6.74. The minimum Gasteiger partial charge on any atom is -0.373 e. The molecule has 1 aromatic heterocycles. The Bertz CT molecular complexity index is 499. The summed E-state index contributed by atoms with van der Waals surface area (Å²) in [4.78, 5) is 23.1. The summed E-state index contributed by atoms with van der Waals surface area (Å²) in [7, 11) is 1.85. The van der Waals surface area contributed by atoms with Crippen molar-refractivity contribution < 1.29 is 4.79 Å². The Morgan fingerprint density at radius 1 is 1.43 bits per heavy atom. The van der Waals surface area contributed by atoms with E-state index in [9.17, 15) is 4.79 Å². The van der Waals surface area contributed by atoms with Crippen molar-refractivity contribution in [1.82, 2.24) is 15.3 Å². The van der Waals surface area contributed by atoms with E-state index in [0.717, 1.165) is 36.8 Å². The van der Waals surface area contributed by atoms with Gasteiger partial charge in [-0.3, -0.25) is 4.79 Å². The summed E-state index contributed by atoms with van der Waals surface area (Å²) in [5.41, 5.74) is 0. The zero-order valence-electron chi connectivity index (χ0n) is 13.3. The van der Waals surface area contributed by atoms with Crippen molar-refractivity contribution in [1.29, 1.82) is 0 Å². The molecule has 2 N–H and O–H groups in total. The van der Waals surface area contributed by atoms with Gasteiger partial charge in [-0.2, -0.15) is 0 Å². The molecule has 0 saturated heterocycles. The second-order valence-electron chi connectivity index (χ2n) is 5.73. The Kier molecular flexibility index (Phi) is 4.98. The molecule has 0 unspecified atom stereocenters. The maximum absolute atomic E-state index is 12.0. The fourth-order valence-electron chi connectivity index (χ4n) is 2.16. The van der Waals surface area contributed by atoms with Gasteiger partial charge in [0.05, 0.1) is 6.54 Å². The van der Waals surface area contributed by atoms with Crippen LogP contribution in [0.25, 0.3) is 0 Å². The van der Waals surface area contributed by atoms with Crippen LogP contribution in [0.15, 0.2) is 6.07 Å². The number of hydrogen-bond donors (Lipinski definition) is 2. The molecule has 6 nitrogen and oxygen atoms in total. The van der Waals surface area contributed by atoms with E-state index in [4.69, 9.17) is 0 Å². The quantitative estimate of drug-likeness (QED) is 0.801. The Labute approximate surface area is 126 Å². The predicted octanol–water partition coefficient (Wildman–Crippen LogP) is 1.75. The van der Waals surface area contributed by atoms with Crippen LogP contribution >= 0.6 is 0 Å². The maximum Gasteiger partial charge on any atom is 0.239 e. The van der Waals surface area contributed by atoms with E-state index in [1.165, 1.54) is 0 Å². The average molecular weight is 291 g/mol. The van der Waals surface area contributed by atoms with Crippen LogP contribution in [0.2, 0.25) is 0 Å². The van der Waals surface area contributed by atoms with Crippen LogP contribution in [0.1, 0.15) is 45.4 Å². The number of carbonyl (C=O) groups is 1. The third-order valence-corrected chi connectivity index (χ3v) is 3.42. The standard InChI is InChI=1S/C15H25N5O/c1-5-20(9-14(21)17-10(2)3)13-8-12(16-4)18-15(19-13)11-6-7-11/h8,10-11H,5-7,9H2,1-4H3,(H,17,21)(H,16,18,19). The lowest BCUT2D eigenvalue weighted by atomic mass is 10.3. The molecule has 116 valence electrons. The zero-order chi connectivity index (χ0) is 15.4. The van der Waals surface area contributed by atoms with Gasteiger partial charge in [-0.25, -0.2) is 9.97 Å². The van der Waals surface area contributed by atoms with Crippen molar-refractivity contribution >= 4 is 17.5 Å². The second-order valence-corrected chi connectivity index (χ2v) is 5.73. The Morgan fingerprint density at radius 3 is 2.67 bits per heavy atom. The van der Waals surface area contributed by atoms with E-state index in [1.54, 1.807) is 0 Å². The number of aromatic nitrogens is 2. The molecule has 0 spiro atoms. The van der Waals surface area contributed by atoms with Crippen molar-refractivity contribution in [2.75, 3.05) is 30.4 Å². The van der Waals surface area contributed by atoms with E-state index in [-0.39, 0.29) is 11.9 Å². The number of amides is 1. The number of nitrogens with one attached hydrogen (secondary N) is 2. The molecule has 6 heteroatoms. The molecular formula is C15H25N5O. The first kappa shape index (κ1) is 15.5. The number of carbonyl (C=O) groups excluding carboxylic acids is 1. The lowest BCUT2D eigenvalue weighted by molar-refractivity contribution is -0.120. The zero-order valence-corrected chi connectivity index (χ0v) is 13.3. The number of likely N-dealkylation sites (N-methyl/N-ethyl adjacent to an activating group) is 1. The molecule has 0 radical (unpaired) electrons. The van der Waals surface area contributed by atoms with E-state index in [0.29, 0.717) is 12.5 Å². The first-order valence-corrected chi connectivity index (χ1v) is 7.64. The third kappa shape index (κ3) is 4.31. The lowest BCUT2D eigenvalue weighted by Gasteiger charge is -2.23. The van der Waals surface area contributed by atoms with Crippen molar-refractivity contribution in [2.24, 2.45) is 0 Å². The van der Waals surface area contributed by atoms with Gasteiger partial charge in [-0.15, -0.1) is 0 Å². The highest BCUT2D eigenvalue weighted by molar-refractivity contribution is 5.81. The topological polar surface area (TPSA) is 70.2 Å². The molecular weight excluding hydrogens is 266 g/mol. The highest BCUT2D eigenvalue weighted by Crippen LogP contribution is 2.39. The Hall–Kier alpha value is -1.85. The molecule has 1 aliphatic carbocycles. The molecule has 1 aromatic rings. The highest BCUT2D eigenvalue weighted by Gasteiger charge is 2.28. The van der Waals surface area contributed by atoms with Gasteiger partial charge in [0.25, 0.3) is 0 Å². The summed E-state index contributed by atoms with van der Waals surface area (Å²) < 4.78 is 0. The average Bonchev–Trinajstić information content (AvgIpc) is 3.28. The normalized spacial score (nSPS) is 14.1. The number of anilines is 2. The maximum atomic E-state index is 12.0. The van der Waals surface area contributed by atoms with E-state index >= 15 is 0 Å². The van der Waals surface area contributed by atoms with Crippen LogP contribution in [0, 0.1) is 0 Å². The fraction of sp³-hybridized carbons (Fsp3) is 0.667. The lowest BCUT2D eigenvalue weighted by Crippen LogP contribution is -2.40. The van der Waals surface area contributed by atoms with Crippen LogP contribution < -0.4 is 15.5 Å². The smallest absolute Gasteiger partial charge is 0.239 e. The van der Waals surface area contributed by atoms with Gasteiger partial charge < -0.3 is 15.5 Å². The SMILES string of the molecule is CCN(CC(=O)NC(C)C)c1cc(NC)nc(C2CC2)n1. The summed E-state index contributed by atoms with van der Waals surface area (Å²) in [6.07, 6.45) is 2.32. The van der Waals surface area contributed by atoms with E-state index in [2.05, 4.69) is 20.6 Å². The third-order valence-electron chi connectivity index (χ3n) is 3.42. The van der Waals surface area contributed by atoms with Gasteiger partial charge in [-0.1, -0.05) is 0 Å². The Balaban J connectivity index is 2.16. The molecule has 0 atom stereocenters. The van der Waals surface area contributed by atoms with Crippen LogP contribution in [-0.4, -0.2) is 42.1 Å². The number of hydrogen-bond acceptors (Lipinski definition) is 5. The number of rotatable bonds is 7. The minimum absolute atomic E-state index is 0.0180. The molecule has 1 amide bonds. The van der Waals surface area contributed by atoms with Crippen LogP contribution in [0.5, 0.6) is 0 Å². The molecule has 0 aliphatic heterocycles. The van der Waals surface area contributed by atoms with Crippen molar-refractivity contribution in [3.63, 3.8) is 0 Å². The van der Waals surface area contributed by atoms with Crippen LogP contribution in [0.3, 0.4) is 0 Å². The molecule has 2 rings (SSSR count). The van der Waals surface area contributed by atoms with Gasteiger partial charge in [-0.05, 0) is 33.6 Å². The van der Waals surface area contributed by atoms with Gasteiger partial charge >= 0.3 is 0 Å². The van der Waals surface area contributed by atoms with Gasteiger partial charge in [0.15, 0.2) is 0 Å². The minimum atomic E-state index is 0.0180. The van der Waals surface area contributed by atoms with Gasteiger partial charge in [0.2, 0.25) is 5.91 Å². The predicted molar refractivity (Wildman–Crippen MR) is 84.7 cm³/mol. The van der Waals surface area contributed by atoms with E-state index in [1.807, 2.05) is 38.8 Å². The molecule has 21 heavy (non-hydrogen) atoms. The molecule has 0 aromatic carbocycles. The molecule has 0 bridgehead atoms. The van der Waals surface area contributed by atoms with Crippen molar-refractivity contribution in [3.8, 4) is 0 Å². The summed E-state index contributed by atoms with van der Waals surface area (Å²) >= 11 is 0. The monoisotopic (exact) mass is 291 g/mol. The highest BCUT2D eigenvalue weighted by atomic mass is 16.2. The molecule has 1 fully saturated rings. The first-order valence-electron chi connectivity index (χ1n) is 7.64. The number of nitrogens with zero attached hydrogens (tertiary/aromatic N) is 3. The van der Waals surface area contributed by atoms with Gasteiger partial charge in [0.1, 0.15) is 17.5 Å². The summed E-state index contributed by atoms with van der Waals surface area (Å²) in [5, 5.41) is 5.99. The van der Waals surface area contributed by atoms with Crippen molar-refractivity contribution in [3.05, 3.63) is 11.9 Å². The molecule has 1 saturated carbocycles. The van der Waals surface area contributed by atoms with Crippen LogP contribution in [-0.2, 0) is 4.79 Å². The first-order chi connectivity index (χ1) is 10.0. The summed E-state index contributed by atoms with van der Waals surface area (Å²) in [5.74, 6) is 3.02. The van der Waals surface area contributed by atoms with Gasteiger partial charge in [0, 0.05) is 31.6 Å². The van der Waals surface area contributed by atoms with Crippen molar-refractivity contribution in [2.45, 2.75) is 45.6 Å². The molecule has 1 heterocycles. The summed E-state index contributed by atoms with van der Waals surface area (Å²) in [6, 6.07) is 2.05. The summed E-state index contributed by atoms with van der Waals surface area (Å²) in [6.45, 7) is 7.00. The van der Waals surface area contributed by atoms with E-state index < -0.39 is 0 Å². The fourth-order valence-corrected chi connectivity index (χ4v) is 2.16. The Morgan fingerprint density at radius 2 is 2.14 bits per heavy atom. The molecule has 1 aliphatic rings. The largest absolute Gasteiger partial charge is 0.373 e. The van der Waals surface area contributed by atoms with Crippen LogP contribution in [0.4, 0.5) is 11.6 Å².